The van der Waals surface area contributed by atoms with Crippen molar-refractivity contribution in [2.75, 3.05) is 21.3 Å². The summed E-state index contributed by atoms with van der Waals surface area (Å²) in [6, 6.07) is 23.6. The summed E-state index contributed by atoms with van der Waals surface area (Å²) < 4.78 is 22.9. The number of para-hydroxylation sites is 1. The number of rotatable bonds is 7. The van der Waals surface area contributed by atoms with Crippen molar-refractivity contribution in [3.05, 3.63) is 83.9 Å². The largest absolute Gasteiger partial charge is 0.493 e. The van der Waals surface area contributed by atoms with Crippen LogP contribution in [0.3, 0.4) is 0 Å². The summed E-state index contributed by atoms with van der Waals surface area (Å²) in [6.07, 6.45) is -0.353. The molecule has 4 nitrogen and oxygen atoms in total. The van der Waals surface area contributed by atoms with Crippen LogP contribution in [0.15, 0.2) is 72.8 Å². The van der Waals surface area contributed by atoms with Crippen molar-refractivity contribution in [2.45, 2.75) is 6.10 Å². The third-order valence-electron chi connectivity index (χ3n) is 4.12. The van der Waals surface area contributed by atoms with E-state index in [1.165, 1.54) is 0 Å². The van der Waals surface area contributed by atoms with Gasteiger partial charge in [0.05, 0.1) is 21.3 Å². The van der Waals surface area contributed by atoms with Gasteiger partial charge in [-0.15, -0.1) is 0 Å². The summed E-state index contributed by atoms with van der Waals surface area (Å²) >= 11 is 0. The van der Waals surface area contributed by atoms with Crippen molar-refractivity contribution in [2.24, 2.45) is 0 Å². The molecule has 26 heavy (non-hydrogen) atoms. The molecule has 3 aromatic rings. The van der Waals surface area contributed by atoms with E-state index in [1.807, 2.05) is 72.8 Å². The van der Waals surface area contributed by atoms with E-state index < -0.39 is 0 Å². The smallest absolute Gasteiger partial charge is 0.203 e. The molecule has 0 aliphatic rings. The first-order valence-corrected chi connectivity index (χ1v) is 8.34. The first-order chi connectivity index (χ1) is 12.8. The Hall–Kier alpha value is -3.14. The lowest BCUT2D eigenvalue weighted by atomic mass is 9.99. The van der Waals surface area contributed by atoms with E-state index in [-0.39, 0.29) is 6.10 Å². The second-order valence-electron chi connectivity index (χ2n) is 5.65. The number of methoxy groups -OCH3 is 3. The van der Waals surface area contributed by atoms with Gasteiger partial charge in [-0.2, -0.15) is 0 Å². The van der Waals surface area contributed by atoms with Crippen LogP contribution >= 0.6 is 0 Å². The zero-order valence-electron chi connectivity index (χ0n) is 15.1. The lowest BCUT2D eigenvalue weighted by Crippen LogP contribution is -2.12. The van der Waals surface area contributed by atoms with E-state index in [0.717, 1.165) is 16.9 Å². The van der Waals surface area contributed by atoms with E-state index in [2.05, 4.69) is 0 Å². The van der Waals surface area contributed by atoms with Crippen molar-refractivity contribution < 1.29 is 18.9 Å². The fourth-order valence-corrected chi connectivity index (χ4v) is 2.90. The maximum absolute atomic E-state index is 6.33. The Morgan fingerprint density at radius 1 is 0.615 bits per heavy atom. The summed E-state index contributed by atoms with van der Waals surface area (Å²) in [4.78, 5) is 0. The van der Waals surface area contributed by atoms with E-state index in [0.29, 0.717) is 17.2 Å². The van der Waals surface area contributed by atoms with E-state index in [9.17, 15) is 0 Å². The quantitative estimate of drug-likeness (QED) is 0.608. The predicted octanol–water partition coefficient (Wildman–Crippen LogP) is 4.88. The summed E-state index contributed by atoms with van der Waals surface area (Å²) in [6.45, 7) is 0. The number of benzene rings is 3. The summed E-state index contributed by atoms with van der Waals surface area (Å²) in [5.41, 5.74) is 1.88. The number of hydrogen-bond acceptors (Lipinski definition) is 4. The van der Waals surface area contributed by atoms with Gasteiger partial charge in [-0.1, -0.05) is 48.5 Å². The molecule has 0 amide bonds. The molecule has 0 heterocycles. The van der Waals surface area contributed by atoms with Gasteiger partial charge in [0.25, 0.3) is 0 Å². The molecule has 0 radical (unpaired) electrons. The second-order valence-corrected chi connectivity index (χ2v) is 5.65. The van der Waals surface area contributed by atoms with Crippen LogP contribution in [0.5, 0.6) is 23.0 Å². The molecule has 0 aliphatic heterocycles. The molecular formula is C22H22O4. The third-order valence-corrected chi connectivity index (χ3v) is 4.12. The first-order valence-electron chi connectivity index (χ1n) is 8.34. The van der Waals surface area contributed by atoms with Gasteiger partial charge in [-0.25, -0.2) is 0 Å². The van der Waals surface area contributed by atoms with Crippen molar-refractivity contribution in [3.63, 3.8) is 0 Å². The summed E-state index contributed by atoms with van der Waals surface area (Å²) in [5, 5.41) is 0. The van der Waals surface area contributed by atoms with Crippen LogP contribution in [-0.4, -0.2) is 21.3 Å². The predicted molar refractivity (Wildman–Crippen MR) is 101 cm³/mol. The molecule has 3 aromatic carbocycles. The Bertz CT molecular complexity index is 832. The minimum Gasteiger partial charge on any atom is -0.493 e. The molecule has 134 valence electrons. The average Bonchev–Trinajstić information content (AvgIpc) is 2.72. The lowest BCUT2D eigenvalue weighted by molar-refractivity contribution is 0.237. The van der Waals surface area contributed by atoms with Gasteiger partial charge in [0.2, 0.25) is 5.75 Å². The van der Waals surface area contributed by atoms with Gasteiger partial charge >= 0.3 is 0 Å². The van der Waals surface area contributed by atoms with Gasteiger partial charge in [-0.3, -0.25) is 0 Å². The van der Waals surface area contributed by atoms with Crippen LogP contribution in [0.25, 0.3) is 0 Å². The minimum atomic E-state index is -0.353. The Morgan fingerprint density at radius 3 is 1.81 bits per heavy atom. The highest BCUT2D eigenvalue weighted by molar-refractivity contribution is 5.58. The Kier molecular flexibility index (Phi) is 5.64. The molecule has 3 rings (SSSR count). The second kappa shape index (κ2) is 8.30. The maximum Gasteiger partial charge on any atom is 0.203 e. The first kappa shape index (κ1) is 17.7. The Labute approximate surface area is 153 Å². The SMILES string of the molecule is COc1ccc(C(Oc2ccccc2)c2ccccc2)c(OC)c1OC. The monoisotopic (exact) mass is 350 g/mol. The van der Waals surface area contributed by atoms with Crippen LogP contribution in [0.1, 0.15) is 17.2 Å². The molecule has 0 N–H and O–H groups in total. The van der Waals surface area contributed by atoms with E-state index >= 15 is 0 Å². The van der Waals surface area contributed by atoms with Crippen LogP contribution in [-0.2, 0) is 0 Å². The third kappa shape index (κ3) is 3.59. The van der Waals surface area contributed by atoms with Crippen molar-refractivity contribution in [1.29, 1.82) is 0 Å². The zero-order chi connectivity index (χ0) is 18.4. The molecule has 0 fully saturated rings. The molecular weight excluding hydrogens is 328 g/mol. The van der Waals surface area contributed by atoms with E-state index in [1.54, 1.807) is 21.3 Å². The normalized spacial score (nSPS) is 11.5. The highest BCUT2D eigenvalue weighted by Gasteiger charge is 2.25. The number of ether oxygens (including phenoxy) is 4. The van der Waals surface area contributed by atoms with Crippen molar-refractivity contribution in [1.82, 2.24) is 0 Å². The fraction of sp³-hybridized carbons (Fsp3) is 0.182. The molecule has 1 atom stereocenters. The summed E-state index contributed by atoms with van der Waals surface area (Å²) in [7, 11) is 4.82. The zero-order valence-corrected chi connectivity index (χ0v) is 15.1. The molecule has 0 aliphatic carbocycles. The van der Waals surface area contributed by atoms with Crippen molar-refractivity contribution in [3.8, 4) is 23.0 Å². The molecule has 0 aromatic heterocycles. The standard InChI is InChI=1S/C22H22O4/c1-23-19-15-14-18(21(24-2)22(19)25-3)20(16-10-6-4-7-11-16)26-17-12-8-5-9-13-17/h4-15,20H,1-3H3. The van der Waals surface area contributed by atoms with Crippen molar-refractivity contribution >= 4 is 0 Å². The molecule has 0 bridgehead atoms. The molecule has 0 spiro atoms. The maximum atomic E-state index is 6.33. The van der Waals surface area contributed by atoms with Gasteiger partial charge < -0.3 is 18.9 Å². The Balaban J connectivity index is 2.13. The van der Waals surface area contributed by atoms with Crippen LogP contribution in [0.2, 0.25) is 0 Å². The van der Waals surface area contributed by atoms with Gasteiger partial charge in [0.15, 0.2) is 17.6 Å². The minimum absolute atomic E-state index is 0.353. The topological polar surface area (TPSA) is 36.9 Å². The van der Waals surface area contributed by atoms with Crippen LogP contribution in [0, 0.1) is 0 Å². The molecule has 0 saturated heterocycles. The molecule has 4 heteroatoms. The highest BCUT2D eigenvalue weighted by Crippen LogP contribution is 2.44. The lowest BCUT2D eigenvalue weighted by Gasteiger charge is -2.24. The highest BCUT2D eigenvalue weighted by atomic mass is 16.5. The fourth-order valence-electron chi connectivity index (χ4n) is 2.90. The average molecular weight is 350 g/mol. The summed E-state index contributed by atoms with van der Waals surface area (Å²) in [5.74, 6) is 2.53. The van der Waals surface area contributed by atoms with Gasteiger partial charge in [0, 0.05) is 5.56 Å². The van der Waals surface area contributed by atoms with E-state index in [4.69, 9.17) is 18.9 Å². The molecule has 0 saturated carbocycles. The van der Waals surface area contributed by atoms with Crippen LogP contribution < -0.4 is 18.9 Å². The Morgan fingerprint density at radius 2 is 1.23 bits per heavy atom. The number of hydrogen-bond donors (Lipinski definition) is 0. The van der Waals surface area contributed by atoms with Crippen LogP contribution in [0.4, 0.5) is 0 Å². The van der Waals surface area contributed by atoms with Gasteiger partial charge in [0.1, 0.15) is 5.75 Å². The molecule has 1 unspecified atom stereocenters. The van der Waals surface area contributed by atoms with Gasteiger partial charge in [-0.05, 0) is 29.8 Å².